The molecule has 1 aromatic heterocycles. The van der Waals surface area contributed by atoms with Gasteiger partial charge in [-0.1, -0.05) is 24.3 Å². The Hall–Kier alpha value is -2.70. The molecule has 0 saturated carbocycles. The van der Waals surface area contributed by atoms with Crippen LogP contribution in [0.1, 0.15) is 38.9 Å². The second-order valence-electron chi connectivity index (χ2n) is 7.56. The molecule has 2 heterocycles. The van der Waals surface area contributed by atoms with Gasteiger partial charge in [-0.25, -0.2) is 4.39 Å². The first-order valence-corrected chi connectivity index (χ1v) is 9.88. The summed E-state index contributed by atoms with van der Waals surface area (Å²) in [5.41, 5.74) is 4.66. The van der Waals surface area contributed by atoms with Gasteiger partial charge in [0.25, 0.3) is 5.91 Å². The molecule has 7 heteroatoms. The summed E-state index contributed by atoms with van der Waals surface area (Å²) < 4.78 is 15.7. The standard InChI is InChI=1S/C23H25FN4O.ClH/c1-16-12-17(2)28(26-16)15-18-6-8-19(9-7-18)23(29)27-11-10-25-14-22(27)20-4-3-5-21(24)13-20;/h3-9,12-13,22,25H,10-11,14-15H2,1-2H3;1H. The number of piperazine rings is 1. The lowest BCUT2D eigenvalue weighted by Crippen LogP contribution is -2.48. The molecule has 1 aliphatic heterocycles. The van der Waals surface area contributed by atoms with Crippen LogP contribution in [0, 0.1) is 19.7 Å². The van der Waals surface area contributed by atoms with Crippen LogP contribution in [0.15, 0.2) is 54.6 Å². The molecule has 0 radical (unpaired) electrons. The van der Waals surface area contributed by atoms with Crippen molar-refractivity contribution in [1.82, 2.24) is 20.0 Å². The molecule has 1 fully saturated rings. The maximum absolute atomic E-state index is 13.7. The Morgan fingerprint density at radius 3 is 2.60 bits per heavy atom. The average Bonchev–Trinajstić information content (AvgIpc) is 3.04. The van der Waals surface area contributed by atoms with Gasteiger partial charge in [0.2, 0.25) is 0 Å². The summed E-state index contributed by atoms with van der Waals surface area (Å²) in [7, 11) is 0. The number of halogens is 2. The van der Waals surface area contributed by atoms with Gasteiger partial charge < -0.3 is 10.2 Å². The molecule has 1 aliphatic rings. The van der Waals surface area contributed by atoms with E-state index in [0.717, 1.165) is 29.1 Å². The van der Waals surface area contributed by atoms with Crippen molar-refractivity contribution in [2.45, 2.75) is 26.4 Å². The van der Waals surface area contributed by atoms with Crippen molar-refractivity contribution in [2.75, 3.05) is 19.6 Å². The first kappa shape index (κ1) is 22.0. The largest absolute Gasteiger partial charge is 0.329 e. The van der Waals surface area contributed by atoms with Gasteiger partial charge >= 0.3 is 0 Å². The number of carbonyl (C=O) groups is 1. The van der Waals surface area contributed by atoms with Crippen LogP contribution < -0.4 is 5.32 Å². The monoisotopic (exact) mass is 428 g/mol. The molecule has 2 aromatic carbocycles. The fourth-order valence-corrected chi connectivity index (χ4v) is 3.89. The van der Waals surface area contributed by atoms with E-state index in [-0.39, 0.29) is 30.2 Å². The van der Waals surface area contributed by atoms with Gasteiger partial charge in [-0.15, -0.1) is 12.4 Å². The van der Waals surface area contributed by atoms with E-state index in [2.05, 4.69) is 16.5 Å². The molecular formula is C23H26ClFN4O. The average molecular weight is 429 g/mol. The lowest BCUT2D eigenvalue weighted by atomic mass is 10.0. The highest BCUT2D eigenvalue weighted by molar-refractivity contribution is 5.94. The van der Waals surface area contributed by atoms with Crippen LogP contribution in [0.5, 0.6) is 0 Å². The highest BCUT2D eigenvalue weighted by Gasteiger charge is 2.28. The molecule has 4 rings (SSSR count). The number of hydrogen-bond acceptors (Lipinski definition) is 3. The van der Waals surface area contributed by atoms with Crippen LogP contribution >= 0.6 is 12.4 Å². The highest BCUT2D eigenvalue weighted by atomic mass is 35.5. The third-order valence-corrected chi connectivity index (χ3v) is 5.37. The number of nitrogens with one attached hydrogen (secondary N) is 1. The van der Waals surface area contributed by atoms with E-state index in [1.54, 1.807) is 6.07 Å². The van der Waals surface area contributed by atoms with Gasteiger partial charge in [0.15, 0.2) is 0 Å². The van der Waals surface area contributed by atoms with E-state index >= 15 is 0 Å². The molecule has 3 aromatic rings. The summed E-state index contributed by atoms with van der Waals surface area (Å²) in [5.74, 6) is -0.313. The Kier molecular flexibility index (Phi) is 6.90. The minimum absolute atomic E-state index is 0. The number of carbonyl (C=O) groups excluding carboxylic acids is 1. The zero-order valence-corrected chi connectivity index (χ0v) is 18.0. The van der Waals surface area contributed by atoms with Crippen molar-refractivity contribution in [3.8, 4) is 0 Å². The number of rotatable bonds is 4. The number of benzene rings is 2. The number of amides is 1. The van der Waals surface area contributed by atoms with E-state index in [1.165, 1.54) is 12.1 Å². The molecule has 158 valence electrons. The second-order valence-corrected chi connectivity index (χ2v) is 7.56. The zero-order valence-electron chi connectivity index (χ0n) is 17.1. The Balaban J connectivity index is 0.00000256. The number of aromatic nitrogens is 2. The van der Waals surface area contributed by atoms with Crippen molar-refractivity contribution in [1.29, 1.82) is 0 Å². The predicted octanol–water partition coefficient (Wildman–Crippen LogP) is 3.90. The third-order valence-electron chi connectivity index (χ3n) is 5.37. The SMILES string of the molecule is Cc1cc(C)n(Cc2ccc(C(=O)N3CCNCC3c3cccc(F)c3)cc2)n1.Cl. The van der Waals surface area contributed by atoms with Crippen molar-refractivity contribution in [3.63, 3.8) is 0 Å². The van der Waals surface area contributed by atoms with Gasteiger partial charge in [-0.05, 0) is 55.3 Å². The fourth-order valence-electron chi connectivity index (χ4n) is 3.89. The van der Waals surface area contributed by atoms with E-state index in [9.17, 15) is 9.18 Å². The lowest BCUT2D eigenvalue weighted by Gasteiger charge is -2.36. The van der Waals surface area contributed by atoms with Crippen molar-refractivity contribution in [2.24, 2.45) is 0 Å². The van der Waals surface area contributed by atoms with Gasteiger partial charge in [0.1, 0.15) is 5.82 Å². The van der Waals surface area contributed by atoms with Crippen LogP contribution in [0.2, 0.25) is 0 Å². The zero-order chi connectivity index (χ0) is 20.4. The summed E-state index contributed by atoms with van der Waals surface area (Å²) in [6.45, 7) is 6.63. The van der Waals surface area contributed by atoms with Gasteiger partial charge in [0, 0.05) is 30.9 Å². The predicted molar refractivity (Wildman–Crippen MR) is 118 cm³/mol. The van der Waals surface area contributed by atoms with Crippen LogP contribution in [0.3, 0.4) is 0 Å². The Labute approximate surface area is 182 Å². The van der Waals surface area contributed by atoms with Crippen molar-refractivity contribution < 1.29 is 9.18 Å². The molecule has 1 atom stereocenters. The number of nitrogens with zero attached hydrogens (tertiary/aromatic N) is 3. The van der Waals surface area contributed by atoms with Crippen molar-refractivity contribution in [3.05, 3.63) is 88.5 Å². The van der Waals surface area contributed by atoms with E-state index in [0.29, 0.717) is 25.2 Å². The molecule has 0 aliphatic carbocycles. The maximum Gasteiger partial charge on any atom is 0.254 e. The number of aryl methyl sites for hydroxylation is 2. The van der Waals surface area contributed by atoms with Crippen molar-refractivity contribution >= 4 is 18.3 Å². The summed E-state index contributed by atoms with van der Waals surface area (Å²) in [4.78, 5) is 15.0. The van der Waals surface area contributed by atoms with Crippen LogP contribution in [-0.2, 0) is 6.54 Å². The maximum atomic E-state index is 13.7. The van der Waals surface area contributed by atoms with Crippen LogP contribution in [0.25, 0.3) is 0 Å². The normalized spacial score (nSPS) is 16.2. The molecule has 0 spiro atoms. The van der Waals surface area contributed by atoms with Gasteiger partial charge in [-0.3, -0.25) is 9.48 Å². The van der Waals surface area contributed by atoms with E-state index in [4.69, 9.17) is 0 Å². The van der Waals surface area contributed by atoms with Gasteiger partial charge in [0.05, 0.1) is 18.3 Å². The molecule has 0 bridgehead atoms. The van der Waals surface area contributed by atoms with Crippen LogP contribution in [-0.4, -0.2) is 40.2 Å². The highest BCUT2D eigenvalue weighted by Crippen LogP contribution is 2.25. The molecule has 1 amide bonds. The van der Waals surface area contributed by atoms with E-state index < -0.39 is 0 Å². The van der Waals surface area contributed by atoms with E-state index in [1.807, 2.05) is 53.8 Å². The second kappa shape index (κ2) is 9.41. The molecule has 1 N–H and O–H groups in total. The summed E-state index contributed by atoms with van der Waals surface area (Å²) in [5, 5.41) is 7.80. The van der Waals surface area contributed by atoms with Crippen LogP contribution in [0.4, 0.5) is 4.39 Å². The Morgan fingerprint density at radius 2 is 1.93 bits per heavy atom. The fraction of sp³-hybridized carbons (Fsp3) is 0.304. The number of hydrogen-bond donors (Lipinski definition) is 1. The minimum atomic E-state index is -0.283. The first-order valence-electron chi connectivity index (χ1n) is 9.88. The summed E-state index contributed by atoms with van der Waals surface area (Å²) >= 11 is 0. The molecule has 1 unspecified atom stereocenters. The Morgan fingerprint density at radius 1 is 1.17 bits per heavy atom. The lowest BCUT2D eigenvalue weighted by molar-refractivity contribution is 0.0634. The van der Waals surface area contributed by atoms with Gasteiger partial charge in [-0.2, -0.15) is 5.10 Å². The summed E-state index contributed by atoms with van der Waals surface area (Å²) in [6.07, 6.45) is 0. The molecule has 30 heavy (non-hydrogen) atoms. The molecular weight excluding hydrogens is 403 g/mol. The minimum Gasteiger partial charge on any atom is -0.329 e. The Bertz CT molecular complexity index is 1020. The third kappa shape index (κ3) is 4.71. The quantitative estimate of drug-likeness (QED) is 0.685. The summed E-state index contributed by atoms with van der Waals surface area (Å²) in [6, 6.07) is 16.1. The first-order chi connectivity index (χ1) is 14.0. The molecule has 1 saturated heterocycles. The smallest absolute Gasteiger partial charge is 0.254 e. The topological polar surface area (TPSA) is 50.2 Å². The molecule has 5 nitrogen and oxygen atoms in total.